The van der Waals surface area contributed by atoms with Crippen molar-refractivity contribution in [3.8, 4) is 0 Å². The Morgan fingerprint density at radius 1 is 1.27 bits per heavy atom. The molecule has 0 spiro atoms. The molecule has 0 bridgehead atoms. The normalized spacial score (nSPS) is 15.0. The van der Waals surface area contributed by atoms with Crippen LogP contribution in [0.3, 0.4) is 0 Å². The molecule has 0 radical (unpaired) electrons. The van der Waals surface area contributed by atoms with Gasteiger partial charge in [0, 0.05) is 24.8 Å². The largest absolute Gasteiger partial charge is 0.378 e. The van der Waals surface area contributed by atoms with Crippen LogP contribution in [-0.2, 0) is 13.1 Å². The van der Waals surface area contributed by atoms with Gasteiger partial charge in [0.2, 0.25) is 0 Å². The summed E-state index contributed by atoms with van der Waals surface area (Å²) in [6, 6.07) is 0.613. The first-order valence-corrected chi connectivity index (χ1v) is 8.00. The summed E-state index contributed by atoms with van der Waals surface area (Å²) in [4.78, 5) is 0. The minimum atomic E-state index is 0. The van der Waals surface area contributed by atoms with Gasteiger partial charge in [0.25, 0.3) is 0 Å². The summed E-state index contributed by atoms with van der Waals surface area (Å²) >= 11 is 0. The Hall–Kier alpha value is -1.49. The first-order valence-electron chi connectivity index (χ1n) is 8.00. The summed E-state index contributed by atoms with van der Waals surface area (Å²) < 4.78 is 4.19. The Balaban J connectivity index is 0.00000176. The molecule has 1 N–H and O–H groups in total. The van der Waals surface area contributed by atoms with E-state index in [1.165, 1.54) is 36.9 Å². The van der Waals surface area contributed by atoms with E-state index < -0.39 is 0 Å². The first kappa shape index (κ1) is 16.9. The molecule has 1 fully saturated rings. The van der Waals surface area contributed by atoms with Crippen molar-refractivity contribution in [1.29, 1.82) is 0 Å². The number of rotatable bonds is 5. The highest BCUT2D eigenvalue weighted by atomic mass is 35.5. The number of halogens is 1. The minimum Gasteiger partial charge on any atom is -0.378 e. The monoisotopic (exact) mass is 323 g/mol. The van der Waals surface area contributed by atoms with E-state index in [2.05, 4.69) is 42.1 Å². The van der Waals surface area contributed by atoms with Gasteiger partial charge in [-0.15, -0.1) is 12.4 Å². The van der Waals surface area contributed by atoms with Crippen molar-refractivity contribution in [2.24, 2.45) is 0 Å². The fourth-order valence-electron chi connectivity index (χ4n) is 3.18. The molecule has 0 unspecified atom stereocenters. The number of hydrogen-bond acceptors (Lipinski definition) is 3. The molecule has 1 saturated carbocycles. The van der Waals surface area contributed by atoms with Crippen LogP contribution in [0.5, 0.6) is 0 Å². The highest BCUT2D eigenvalue weighted by Gasteiger charge is 2.18. The quantitative estimate of drug-likeness (QED) is 0.908. The molecule has 2 aromatic rings. The molecule has 1 aliphatic rings. The number of nitrogens with zero attached hydrogens (tertiary/aromatic N) is 4. The van der Waals surface area contributed by atoms with Gasteiger partial charge in [-0.3, -0.25) is 9.36 Å². The number of nitrogens with one attached hydrogen (secondary N) is 1. The fourth-order valence-corrected chi connectivity index (χ4v) is 3.18. The van der Waals surface area contributed by atoms with Crippen molar-refractivity contribution >= 4 is 18.1 Å². The van der Waals surface area contributed by atoms with Crippen LogP contribution < -0.4 is 5.32 Å². The predicted molar refractivity (Wildman–Crippen MR) is 91.7 cm³/mol. The zero-order valence-electron chi connectivity index (χ0n) is 13.7. The second-order valence-electron chi connectivity index (χ2n) is 5.97. The number of aryl methyl sites for hydroxylation is 2. The molecule has 0 aliphatic heterocycles. The van der Waals surface area contributed by atoms with Crippen molar-refractivity contribution < 1.29 is 0 Å². The average Bonchev–Trinajstić information content (AvgIpc) is 3.17. The number of aromatic nitrogens is 4. The molecule has 2 heterocycles. The van der Waals surface area contributed by atoms with Gasteiger partial charge in [0.15, 0.2) is 0 Å². The fraction of sp³-hybridized carbons (Fsp3) is 0.625. The summed E-state index contributed by atoms with van der Waals surface area (Å²) in [5, 5.41) is 12.6. The van der Waals surface area contributed by atoms with Crippen LogP contribution in [0.15, 0.2) is 12.4 Å². The van der Waals surface area contributed by atoms with Crippen molar-refractivity contribution in [2.45, 2.75) is 65.6 Å². The van der Waals surface area contributed by atoms with E-state index in [4.69, 9.17) is 5.10 Å². The third-order valence-corrected chi connectivity index (χ3v) is 4.59. The SMILES string of the molecule is CCn1ncc(NCc2cn(C3CCCC3)nc2C)c1C.Cl. The number of anilines is 1. The van der Waals surface area contributed by atoms with Crippen LogP contribution in [0.2, 0.25) is 0 Å². The third-order valence-electron chi connectivity index (χ3n) is 4.59. The van der Waals surface area contributed by atoms with Gasteiger partial charge in [0.1, 0.15) is 0 Å². The lowest BCUT2D eigenvalue weighted by atomic mass is 10.2. The van der Waals surface area contributed by atoms with E-state index in [0.29, 0.717) is 6.04 Å². The highest BCUT2D eigenvalue weighted by molar-refractivity contribution is 5.85. The lowest BCUT2D eigenvalue weighted by Crippen LogP contribution is -2.05. The van der Waals surface area contributed by atoms with Crippen LogP contribution in [-0.4, -0.2) is 19.6 Å². The maximum atomic E-state index is 4.70. The standard InChI is InChI=1S/C16H25N5.ClH/c1-4-20-13(3)16(10-18-20)17-9-14-11-21(19-12(14)2)15-7-5-6-8-15;/h10-11,15,17H,4-9H2,1-3H3;1H. The van der Waals surface area contributed by atoms with Gasteiger partial charge in [-0.2, -0.15) is 10.2 Å². The molecule has 0 saturated heterocycles. The van der Waals surface area contributed by atoms with E-state index in [0.717, 1.165) is 24.5 Å². The van der Waals surface area contributed by atoms with Crippen molar-refractivity contribution in [3.05, 3.63) is 29.3 Å². The van der Waals surface area contributed by atoms with Gasteiger partial charge >= 0.3 is 0 Å². The molecule has 1 aliphatic carbocycles. The van der Waals surface area contributed by atoms with E-state index >= 15 is 0 Å². The molecule has 6 heteroatoms. The highest BCUT2D eigenvalue weighted by Crippen LogP contribution is 2.29. The van der Waals surface area contributed by atoms with E-state index in [1.54, 1.807) is 0 Å². The maximum absolute atomic E-state index is 4.70. The Morgan fingerprint density at radius 2 is 2.00 bits per heavy atom. The van der Waals surface area contributed by atoms with Gasteiger partial charge < -0.3 is 5.32 Å². The van der Waals surface area contributed by atoms with Crippen LogP contribution in [0.25, 0.3) is 0 Å². The zero-order valence-corrected chi connectivity index (χ0v) is 14.5. The average molecular weight is 324 g/mol. The van der Waals surface area contributed by atoms with Crippen molar-refractivity contribution in [1.82, 2.24) is 19.6 Å². The summed E-state index contributed by atoms with van der Waals surface area (Å²) in [6.45, 7) is 8.04. The molecule has 0 amide bonds. The van der Waals surface area contributed by atoms with Crippen molar-refractivity contribution in [2.75, 3.05) is 5.32 Å². The van der Waals surface area contributed by atoms with E-state index in [-0.39, 0.29) is 12.4 Å². The third kappa shape index (κ3) is 3.29. The second kappa shape index (κ2) is 7.18. The van der Waals surface area contributed by atoms with Crippen LogP contribution in [0.1, 0.15) is 55.6 Å². The van der Waals surface area contributed by atoms with Gasteiger partial charge in [-0.05, 0) is 33.6 Å². The second-order valence-corrected chi connectivity index (χ2v) is 5.97. The Labute approximate surface area is 138 Å². The summed E-state index contributed by atoms with van der Waals surface area (Å²) in [7, 11) is 0. The topological polar surface area (TPSA) is 47.7 Å². The lowest BCUT2D eigenvalue weighted by Gasteiger charge is -2.08. The molecule has 0 aromatic carbocycles. The van der Waals surface area contributed by atoms with Gasteiger partial charge in [0.05, 0.1) is 29.3 Å². The molecular weight excluding hydrogens is 298 g/mol. The molecule has 3 rings (SSSR count). The zero-order chi connectivity index (χ0) is 14.8. The van der Waals surface area contributed by atoms with Crippen LogP contribution in [0.4, 0.5) is 5.69 Å². The summed E-state index contributed by atoms with van der Waals surface area (Å²) in [5.74, 6) is 0. The van der Waals surface area contributed by atoms with Gasteiger partial charge in [-0.1, -0.05) is 12.8 Å². The first-order chi connectivity index (χ1) is 10.2. The Kier molecular flexibility index (Phi) is 5.51. The summed E-state index contributed by atoms with van der Waals surface area (Å²) in [5.41, 5.74) is 4.73. The molecule has 5 nitrogen and oxygen atoms in total. The van der Waals surface area contributed by atoms with Crippen molar-refractivity contribution in [3.63, 3.8) is 0 Å². The van der Waals surface area contributed by atoms with E-state index in [1.807, 2.05) is 10.9 Å². The van der Waals surface area contributed by atoms with E-state index in [9.17, 15) is 0 Å². The molecule has 122 valence electrons. The Bertz CT molecular complexity index is 610. The van der Waals surface area contributed by atoms with Crippen LogP contribution in [0, 0.1) is 13.8 Å². The Morgan fingerprint density at radius 3 is 2.64 bits per heavy atom. The number of hydrogen-bond donors (Lipinski definition) is 1. The van der Waals surface area contributed by atoms with Gasteiger partial charge in [-0.25, -0.2) is 0 Å². The lowest BCUT2D eigenvalue weighted by molar-refractivity contribution is 0.464. The molecule has 0 atom stereocenters. The predicted octanol–water partition coefficient (Wildman–Crippen LogP) is 3.87. The maximum Gasteiger partial charge on any atom is 0.0758 e. The molecule has 2 aromatic heterocycles. The molecule has 22 heavy (non-hydrogen) atoms. The van der Waals surface area contributed by atoms with Crippen LogP contribution >= 0.6 is 12.4 Å². The summed E-state index contributed by atoms with van der Waals surface area (Å²) in [6.07, 6.45) is 9.36. The minimum absolute atomic E-state index is 0. The molecular formula is C16H26ClN5. The smallest absolute Gasteiger partial charge is 0.0758 e.